The molecule has 0 atom stereocenters. The van der Waals surface area contributed by atoms with Crippen LogP contribution in [0.3, 0.4) is 0 Å². The first-order chi connectivity index (χ1) is 11.5. The van der Waals surface area contributed by atoms with Crippen LogP contribution in [0.15, 0.2) is 42.7 Å². The SMILES string of the molecule is CC(C)n1cnc2cc(CNC(=O)c3ccc(F)cc3F)ccc21. The van der Waals surface area contributed by atoms with E-state index in [1.165, 1.54) is 0 Å². The third-order valence-electron chi connectivity index (χ3n) is 3.82. The minimum atomic E-state index is -0.876. The Morgan fingerprint density at radius 3 is 2.71 bits per heavy atom. The van der Waals surface area contributed by atoms with Crippen molar-refractivity contribution in [3.63, 3.8) is 0 Å². The number of rotatable bonds is 4. The molecule has 3 aromatic rings. The quantitative estimate of drug-likeness (QED) is 0.791. The van der Waals surface area contributed by atoms with Gasteiger partial charge in [-0.05, 0) is 43.7 Å². The minimum Gasteiger partial charge on any atom is -0.348 e. The number of hydrogen-bond donors (Lipinski definition) is 1. The van der Waals surface area contributed by atoms with Gasteiger partial charge in [-0.1, -0.05) is 6.07 Å². The van der Waals surface area contributed by atoms with E-state index in [4.69, 9.17) is 0 Å². The molecule has 0 saturated carbocycles. The Hall–Kier alpha value is -2.76. The van der Waals surface area contributed by atoms with Crippen LogP contribution in [0.4, 0.5) is 8.78 Å². The predicted octanol–water partition coefficient (Wildman–Crippen LogP) is 3.83. The number of halogens is 2. The fraction of sp³-hybridized carbons (Fsp3) is 0.222. The predicted molar refractivity (Wildman–Crippen MR) is 87.6 cm³/mol. The molecule has 4 nitrogen and oxygen atoms in total. The van der Waals surface area contributed by atoms with Gasteiger partial charge in [-0.15, -0.1) is 0 Å². The fourth-order valence-corrected chi connectivity index (χ4v) is 2.55. The largest absolute Gasteiger partial charge is 0.348 e. The highest BCUT2D eigenvalue weighted by Gasteiger charge is 2.12. The molecule has 0 fully saturated rings. The summed E-state index contributed by atoms with van der Waals surface area (Å²) < 4.78 is 28.5. The van der Waals surface area contributed by atoms with Crippen LogP contribution in [0.2, 0.25) is 0 Å². The lowest BCUT2D eigenvalue weighted by Gasteiger charge is -2.09. The summed E-state index contributed by atoms with van der Waals surface area (Å²) in [6, 6.07) is 8.92. The molecule has 0 aliphatic heterocycles. The summed E-state index contributed by atoms with van der Waals surface area (Å²) in [4.78, 5) is 16.4. The van der Waals surface area contributed by atoms with E-state index in [-0.39, 0.29) is 12.1 Å². The van der Waals surface area contributed by atoms with Crippen molar-refractivity contribution in [1.29, 1.82) is 0 Å². The maximum absolute atomic E-state index is 13.6. The van der Waals surface area contributed by atoms with Gasteiger partial charge in [0, 0.05) is 18.7 Å². The summed E-state index contributed by atoms with van der Waals surface area (Å²) in [7, 11) is 0. The van der Waals surface area contributed by atoms with Crippen molar-refractivity contribution >= 4 is 16.9 Å². The minimum absolute atomic E-state index is 0.179. The van der Waals surface area contributed by atoms with Crippen LogP contribution in [0.1, 0.15) is 35.8 Å². The number of nitrogens with one attached hydrogen (secondary N) is 1. The first kappa shape index (κ1) is 16.1. The third-order valence-corrected chi connectivity index (χ3v) is 3.82. The van der Waals surface area contributed by atoms with Crippen molar-refractivity contribution in [3.05, 3.63) is 65.5 Å². The Bertz CT molecular complexity index is 902. The van der Waals surface area contributed by atoms with Gasteiger partial charge in [0.05, 0.1) is 22.9 Å². The zero-order valence-corrected chi connectivity index (χ0v) is 13.4. The van der Waals surface area contributed by atoms with Crippen LogP contribution >= 0.6 is 0 Å². The first-order valence-corrected chi connectivity index (χ1v) is 7.64. The molecule has 124 valence electrons. The molecular weight excluding hydrogens is 312 g/mol. The lowest BCUT2D eigenvalue weighted by Crippen LogP contribution is -2.23. The van der Waals surface area contributed by atoms with E-state index in [1.54, 1.807) is 6.33 Å². The van der Waals surface area contributed by atoms with Crippen molar-refractivity contribution in [3.8, 4) is 0 Å². The zero-order valence-electron chi connectivity index (χ0n) is 13.4. The summed E-state index contributed by atoms with van der Waals surface area (Å²) in [5.74, 6) is -2.17. The monoisotopic (exact) mass is 329 g/mol. The van der Waals surface area contributed by atoms with Gasteiger partial charge in [-0.25, -0.2) is 13.8 Å². The highest BCUT2D eigenvalue weighted by molar-refractivity contribution is 5.94. The van der Waals surface area contributed by atoms with Crippen LogP contribution in [0.5, 0.6) is 0 Å². The van der Waals surface area contributed by atoms with Crippen molar-refractivity contribution in [2.75, 3.05) is 0 Å². The molecule has 0 unspecified atom stereocenters. The van der Waals surface area contributed by atoms with Gasteiger partial charge in [0.1, 0.15) is 11.6 Å². The van der Waals surface area contributed by atoms with E-state index in [9.17, 15) is 13.6 Å². The summed E-state index contributed by atoms with van der Waals surface area (Å²) in [6.07, 6.45) is 1.78. The molecule has 0 aliphatic carbocycles. The average molecular weight is 329 g/mol. The molecule has 0 bridgehead atoms. The lowest BCUT2D eigenvalue weighted by atomic mass is 10.1. The normalized spacial score (nSPS) is 11.2. The molecule has 24 heavy (non-hydrogen) atoms. The number of fused-ring (bicyclic) bond motifs is 1. The number of amides is 1. The zero-order chi connectivity index (χ0) is 17.3. The van der Waals surface area contributed by atoms with Crippen molar-refractivity contribution in [1.82, 2.24) is 14.9 Å². The number of nitrogens with zero attached hydrogens (tertiary/aromatic N) is 2. The van der Waals surface area contributed by atoms with Gasteiger partial charge in [0.15, 0.2) is 0 Å². The number of carbonyl (C=O) groups is 1. The van der Waals surface area contributed by atoms with Gasteiger partial charge < -0.3 is 9.88 Å². The number of imidazole rings is 1. The van der Waals surface area contributed by atoms with Gasteiger partial charge in [0.25, 0.3) is 5.91 Å². The van der Waals surface area contributed by atoms with Crippen LogP contribution in [-0.4, -0.2) is 15.5 Å². The van der Waals surface area contributed by atoms with Crippen LogP contribution in [0, 0.1) is 11.6 Å². The molecule has 3 rings (SSSR count). The van der Waals surface area contributed by atoms with Crippen LogP contribution < -0.4 is 5.32 Å². The van der Waals surface area contributed by atoms with Crippen LogP contribution in [-0.2, 0) is 6.54 Å². The average Bonchev–Trinajstić information content (AvgIpc) is 2.96. The van der Waals surface area contributed by atoms with E-state index in [0.717, 1.165) is 28.7 Å². The smallest absolute Gasteiger partial charge is 0.254 e. The highest BCUT2D eigenvalue weighted by Crippen LogP contribution is 2.19. The summed E-state index contributed by atoms with van der Waals surface area (Å²) in [6.45, 7) is 4.39. The van der Waals surface area contributed by atoms with Crippen molar-refractivity contribution < 1.29 is 13.6 Å². The van der Waals surface area contributed by atoms with E-state index in [0.29, 0.717) is 12.1 Å². The maximum atomic E-state index is 13.6. The molecule has 1 amide bonds. The van der Waals surface area contributed by atoms with Gasteiger partial charge >= 0.3 is 0 Å². The summed E-state index contributed by atoms with van der Waals surface area (Å²) in [5.41, 5.74) is 2.53. The van der Waals surface area contributed by atoms with Crippen LogP contribution in [0.25, 0.3) is 11.0 Å². The molecule has 1 N–H and O–H groups in total. The Labute approximate surface area is 138 Å². The fourth-order valence-electron chi connectivity index (χ4n) is 2.55. The number of aromatic nitrogens is 2. The Kier molecular flexibility index (Phi) is 4.29. The molecule has 1 heterocycles. The van der Waals surface area contributed by atoms with Crippen molar-refractivity contribution in [2.24, 2.45) is 0 Å². The molecule has 0 radical (unpaired) electrons. The molecule has 1 aromatic heterocycles. The number of benzene rings is 2. The molecule has 0 saturated heterocycles. The second kappa shape index (κ2) is 6.39. The molecule has 0 aliphatic rings. The maximum Gasteiger partial charge on any atom is 0.254 e. The molecular formula is C18H17F2N3O. The molecule has 6 heteroatoms. The van der Waals surface area contributed by atoms with E-state index < -0.39 is 17.5 Å². The van der Waals surface area contributed by atoms with Crippen molar-refractivity contribution in [2.45, 2.75) is 26.4 Å². The lowest BCUT2D eigenvalue weighted by molar-refractivity contribution is 0.0947. The number of hydrogen-bond acceptors (Lipinski definition) is 2. The Morgan fingerprint density at radius 1 is 1.21 bits per heavy atom. The topological polar surface area (TPSA) is 46.9 Å². The first-order valence-electron chi connectivity index (χ1n) is 7.64. The van der Waals surface area contributed by atoms with E-state index >= 15 is 0 Å². The van der Waals surface area contributed by atoms with E-state index in [1.807, 2.05) is 18.2 Å². The Morgan fingerprint density at radius 2 is 2.00 bits per heavy atom. The number of carbonyl (C=O) groups excluding carboxylic acids is 1. The molecule has 0 spiro atoms. The summed E-state index contributed by atoms with van der Waals surface area (Å²) >= 11 is 0. The summed E-state index contributed by atoms with van der Waals surface area (Å²) in [5, 5.41) is 2.63. The van der Waals surface area contributed by atoms with Gasteiger partial charge in [0.2, 0.25) is 0 Å². The van der Waals surface area contributed by atoms with Gasteiger partial charge in [-0.3, -0.25) is 4.79 Å². The van der Waals surface area contributed by atoms with E-state index in [2.05, 4.69) is 28.7 Å². The Balaban J connectivity index is 1.74. The second-order valence-corrected chi connectivity index (χ2v) is 5.88. The van der Waals surface area contributed by atoms with Gasteiger partial charge in [-0.2, -0.15) is 0 Å². The molecule has 2 aromatic carbocycles. The second-order valence-electron chi connectivity index (χ2n) is 5.88. The standard InChI is InChI=1S/C18H17F2N3O/c1-11(2)23-10-22-16-7-12(3-6-17(16)23)9-21-18(24)14-5-4-13(19)8-15(14)20/h3-8,10-11H,9H2,1-2H3,(H,21,24). The highest BCUT2D eigenvalue weighted by atomic mass is 19.1. The third kappa shape index (κ3) is 3.13.